The van der Waals surface area contributed by atoms with Crippen molar-refractivity contribution in [1.82, 2.24) is 0 Å². The van der Waals surface area contributed by atoms with Gasteiger partial charge in [0, 0.05) is 18.2 Å². The lowest BCUT2D eigenvalue weighted by Crippen LogP contribution is -2.13. The second-order valence-corrected chi connectivity index (χ2v) is 5.71. The van der Waals surface area contributed by atoms with Gasteiger partial charge in [-0.15, -0.1) is 0 Å². The molecular formula is C18H19ClN2O5. The van der Waals surface area contributed by atoms with E-state index in [-0.39, 0.29) is 23.0 Å². The van der Waals surface area contributed by atoms with E-state index < -0.39 is 4.92 Å². The van der Waals surface area contributed by atoms with Crippen LogP contribution >= 0.6 is 11.6 Å². The summed E-state index contributed by atoms with van der Waals surface area (Å²) >= 11 is 5.74. The minimum atomic E-state index is -0.596. The molecule has 0 radical (unpaired) electrons. The number of nitrogens with zero attached hydrogens (tertiary/aromatic N) is 1. The van der Waals surface area contributed by atoms with Crippen LogP contribution in [0, 0.1) is 10.1 Å². The average molecular weight is 379 g/mol. The minimum absolute atomic E-state index is 0.0226. The fraction of sp³-hybridized carbons (Fsp3) is 0.278. The van der Waals surface area contributed by atoms with Crippen molar-refractivity contribution < 1.29 is 19.2 Å². The van der Waals surface area contributed by atoms with Gasteiger partial charge in [-0.25, -0.2) is 0 Å². The molecule has 0 bridgehead atoms. The summed E-state index contributed by atoms with van der Waals surface area (Å²) in [7, 11) is 0. The van der Waals surface area contributed by atoms with E-state index in [1.165, 1.54) is 18.2 Å². The van der Waals surface area contributed by atoms with Crippen LogP contribution in [0.5, 0.6) is 11.5 Å². The van der Waals surface area contributed by atoms with Gasteiger partial charge in [0.2, 0.25) is 5.91 Å². The molecule has 0 aliphatic heterocycles. The summed E-state index contributed by atoms with van der Waals surface area (Å²) in [5, 5.41) is 13.5. The number of amides is 1. The first-order chi connectivity index (χ1) is 12.5. The maximum Gasteiger partial charge on any atom is 0.289 e. The topological polar surface area (TPSA) is 90.7 Å². The van der Waals surface area contributed by atoms with Gasteiger partial charge in [-0.3, -0.25) is 14.9 Å². The molecule has 26 heavy (non-hydrogen) atoms. The summed E-state index contributed by atoms with van der Waals surface area (Å²) in [5.41, 5.74) is 0.0778. The molecule has 0 spiro atoms. The molecule has 0 saturated carbocycles. The fourth-order valence-corrected chi connectivity index (χ4v) is 2.40. The number of nitro benzene ring substituents is 1. The quantitative estimate of drug-likeness (QED) is 0.395. The van der Waals surface area contributed by atoms with Gasteiger partial charge in [-0.1, -0.05) is 23.7 Å². The lowest BCUT2D eigenvalue weighted by Gasteiger charge is -2.11. The van der Waals surface area contributed by atoms with Gasteiger partial charge in [-0.2, -0.15) is 0 Å². The third kappa shape index (κ3) is 5.63. The summed E-state index contributed by atoms with van der Waals surface area (Å²) in [5.74, 6) is 1.03. The third-order valence-corrected chi connectivity index (χ3v) is 3.70. The van der Waals surface area contributed by atoms with Crippen LogP contribution < -0.4 is 14.8 Å². The maximum absolute atomic E-state index is 12.0. The molecule has 138 valence electrons. The molecule has 0 unspecified atom stereocenters. The fourth-order valence-electron chi connectivity index (χ4n) is 2.21. The highest BCUT2D eigenvalue weighted by molar-refractivity contribution is 6.32. The molecule has 1 amide bonds. The molecule has 1 N–H and O–H groups in total. The molecule has 0 fully saturated rings. The summed E-state index contributed by atoms with van der Waals surface area (Å²) in [4.78, 5) is 22.2. The lowest BCUT2D eigenvalue weighted by atomic mass is 10.2. The summed E-state index contributed by atoms with van der Waals surface area (Å²) in [6.07, 6.45) is 0.704. The number of carbonyl (C=O) groups excluding carboxylic acids is 1. The molecule has 0 atom stereocenters. The number of benzene rings is 2. The highest BCUT2D eigenvalue weighted by Gasteiger charge is 2.14. The van der Waals surface area contributed by atoms with Crippen LogP contribution in [0.4, 0.5) is 11.4 Å². The molecule has 2 rings (SSSR count). The average Bonchev–Trinajstić information content (AvgIpc) is 2.61. The van der Waals surface area contributed by atoms with E-state index in [2.05, 4.69) is 5.32 Å². The molecule has 0 aliphatic rings. The van der Waals surface area contributed by atoms with Crippen molar-refractivity contribution in [3.63, 3.8) is 0 Å². The number of hydrogen-bond acceptors (Lipinski definition) is 5. The van der Waals surface area contributed by atoms with E-state index in [0.29, 0.717) is 36.8 Å². The number of anilines is 1. The molecule has 0 aromatic heterocycles. The Morgan fingerprint density at radius 2 is 1.88 bits per heavy atom. The van der Waals surface area contributed by atoms with Gasteiger partial charge in [0.1, 0.15) is 5.02 Å². The van der Waals surface area contributed by atoms with Gasteiger partial charge in [0.25, 0.3) is 5.69 Å². The predicted molar refractivity (Wildman–Crippen MR) is 99.1 cm³/mol. The first-order valence-corrected chi connectivity index (χ1v) is 8.47. The lowest BCUT2D eigenvalue weighted by molar-refractivity contribution is -0.384. The van der Waals surface area contributed by atoms with Crippen LogP contribution in [0.3, 0.4) is 0 Å². The Balaban J connectivity index is 1.81. The Bertz CT molecular complexity index is 782. The summed E-state index contributed by atoms with van der Waals surface area (Å²) in [6.45, 7) is 2.77. The van der Waals surface area contributed by atoms with Crippen LogP contribution in [0.25, 0.3) is 0 Å². The zero-order chi connectivity index (χ0) is 18.9. The Hall–Kier alpha value is -2.80. The molecule has 7 nitrogen and oxygen atoms in total. The number of nitro groups is 1. The van der Waals surface area contributed by atoms with Crippen molar-refractivity contribution in [3.8, 4) is 11.5 Å². The van der Waals surface area contributed by atoms with Crippen molar-refractivity contribution in [2.24, 2.45) is 0 Å². The van der Waals surface area contributed by atoms with Gasteiger partial charge in [0.05, 0.1) is 18.1 Å². The monoisotopic (exact) mass is 378 g/mol. The van der Waals surface area contributed by atoms with Crippen LogP contribution in [-0.4, -0.2) is 24.0 Å². The van der Waals surface area contributed by atoms with Gasteiger partial charge >= 0.3 is 0 Å². The number of ether oxygens (including phenoxy) is 2. The molecule has 8 heteroatoms. The number of nitrogens with one attached hydrogen (secondary N) is 1. The molecular weight excluding hydrogens is 360 g/mol. The van der Waals surface area contributed by atoms with E-state index in [0.717, 1.165) is 0 Å². The van der Waals surface area contributed by atoms with E-state index in [1.54, 1.807) is 6.07 Å². The Labute approximate surface area is 156 Å². The minimum Gasteiger partial charge on any atom is -0.490 e. The molecule has 0 aliphatic carbocycles. The Morgan fingerprint density at radius 3 is 2.54 bits per heavy atom. The predicted octanol–water partition coefficient (Wildman–Crippen LogP) is 4.44. The number of halogens is 1. The Kier molecular flexibility index (Phi) is 7.23. The normalized spacial score (nSPS) is 10.2. The molecule has 0 saturated heterocycles. The smallest absolute Gasteiger partial charge is 0.289 e. The standard InChI is InChI=1S/C18H19ClN2O5/c1-2-25-16-6-3-4-7-17(16)26-11-5-8-18(22)20-13-9-10-14(19)15(12-13)21(23)24/h3-4,6-7,9-10,12H,2,5,8,11H2,1H3,(H,20,22). The van der Waals surface area contributed by atoms with Gasteiger partial charge in [0.15, 0.2) is 11.5 Å². The number of rotatable bonds is 9. The van der Waals surface area contributed by atoms with Crippen molar-refractivity contribution in [3.05, 3.63) is 57.6 Å². The van der Waals surface area contributed by atoms with Crippen LogP contribution in [0.2, 0.25) is 5.02 Å². The summed E-state index contributed by atoms with van der Waals surface area (Å²) in [6, 6.07) is 11.5. The van der Waals surface area contributed by atoms with Crippen LogP contribution in [0.1, 0.15) is 19.8 Å². The second-order valence-electron chi connectivity index (χ2n) is 5.30. The molecule has 2 aromatic rings. The van der Waals surface area contributed by atoms with Crippen molar-refractivity contribution in [1.29, 1.82) is 0 Å². The first kappa shape index (κ1) is 19.5. The van der Waals surface area contributed by atoms with E-state index in [1.807, 2.05) is 25.1 Å². The highest BCUT2D eigenvalue weighted by Crippen LogP contribution is 2.28. The second kappa shape index (κ2) is 9.62. The zero-order valence-corrected chi connectivity index (χ0v) is 15.0. The van der Waals surface area contributed by atoms with Crippen molar-refractivity contribution in [2.75, 3.05) is 18.5 Å². The third-order valence-electron chi connectivity index (χ3n) is 3.38. The molecule has 0 heterocycles. The number of para-hydroxylation sites is 2. The largest absolute Gasteiger partial charge is 0.490 e. The van der Waals surface area contributed by atoms with E-state index in [9.17, 15) is 14.9 Å². The molecule has 2 aromatic carbocycles. The van der Waals surface area contributed by atoms with Crippen molar-refractivity contribution in [2.45, 2.75) is 19.8 Å². The van der Waals surface area contributed by atoms with Gasteiger partial charge in [-0.05, 0) is 37.6 Å². The zero-order valence-electron chi connectivity index (χ0n) is 14.2. The highest BCUT2D eigenvalue weighted by atomic mass is 35.5. The SMILES string of the molecule is CCOc1ccccc1OCCCC(=O)Nc1ccc(Cl)c([N+](=O)[O-])c1. The summed E-state index contributed by atoms with van der Waals surface area (Å²) < 4.78 is 11.1. The first-order valence-electron chi connectivity index (χ1n) is 8.09. The number of hydrogen-bond donors (Lipinski definition) is 1. The van der Waals surface area contributed by atoms with E-state index >= 15 is 0 Å². The Morgan fingerprint density at radius 1 is 1.19 bits per heavy atom. The van der Waals surface area contributed by atoms with Crippen LogP contribution in [-0.2, 0) is 4.79 Å². The maximum atomic E-state index is 12.0. The van der Waals surface area contributed by atoms with Gasteiger partial charge < -0.3 is 14.8 Å². The van der Waals surface area contributed by atoms with E-state index in [4.69, 9.17) is 21.1 Å². The van der Waals surface area contributed by atoms with Crippen LogP contribution in [0.15, 0.2) is 42.5 Å². The van der Waals surface area contributed by atoms with Crippen molar-refractivity contribution >= 4 is 28.9 Å². The number of carbonyl (C=O) groups is 1.